The summed E-state index contributed by atoms with van der Waals surface area (Å²) < 4.78 is 0. The fourth-order valence-corrected chi connectivity index (χ4v) is 2.03. The molecule has 0 bridgehead atoms. The summed E-state index contributed by atoms with van der Waals surface area (Å²) in [7, 11) is 0. The van der Waals surface area contributed by atoms with Crippen molar-refractivity contribution in [2.75, 3.05) is 13.2 Å². The van der Waals surface area contributed by atoms with E-state index in [1.54, 1.807) is 0 Å². The van der Waals surface area contributed by atoms with Crippen LogP contribution in [0.4, 0.5) is 0 Å². The molecule has 0 spiro atoms. The summed E-state index contributed by atoms with van der Waals surface area (Å²) in [5.41, 5.74) is 4.04. The van der Waals surface area contributed by atoms with Gasteiger partial charge in [-0.2, -0.15) is 0 Å². The van der Waals surface area contributed by atoms with E-state index in [0.717, 1.165) is 25.9 Å². The molecule has 0 heterocycles. The predicted octanol–water partition coefficient (Wildman–Crippen LogP) is 2.80. The molecular formula is C15H25NO. The molecule has 0 aliphatic rings. The molecule has 0 aliphatic heterocycles. The molecule has 0 aliphatic carbocycles. The van der Waals surface area contributed by atoms with E-state index in [2.05, 4.69) is 44.3 Å². The topological polar surface area (TPSA) is 32.3 Å². The Morgan fingerprint density at radius 2 is 2.06 bits per heavy atom. The minimum absolute atomic E-state index is 0.295. The van der Waals surface area contributed by atoms with Crippen LogP contribution in [0.15, 0.2) is 18.2 Å². The number of aliphatic hydroxyl groups excluding tert-OH is 1. The van der Waals surface area contributed by atoms with Gasteiger partial charge in [-0.1, -0.05) is 37.1 Å². The van der Waals surface area contributed by atoms with Crippen LogP contribution in [0.2, 0.25) is 0 Å². The van der Waals surface area contributed by atoms with Crippen LogP contribution in [-0.2, 0) is 6.54 Å². The number of nitrogens with one attached hydrogen (secondary N) is 1. The second-order valence-corrected chi connectivity index (χ2v) is 4.85. The van der Waals surface area contributed by atoms with Gasteiger partial charge in [-0.15, -0.1) is 0 Å². The molecule has 0 radical (unpaired) electrons. The Hall–Kier alpha value is -0.860. The lowest BCUT2D eigenvalue weighted by Crippen LogP contribution is -2.23. The summed E-state index contributed by atoms with van der Waals surface area (Å²) in [6.45, 7) is 8.68. The van der Waals surface area contributed by atoms with Gasteiger partial charge in [0.05, 0.1) is 0 Å². The number of benzene rings is 1. The quantitative estimate of drug-likeness (QED) is 0.761. The third kappa shape index (κ3) is 4.88. The van der Waals surface area contributed by atoms with Gasteiger partial charge in [-0.25, -0.2) is 0 Å². The molecule has 17 heavy (non-hydrogen) atoms. The fraction of sp³-hybridized carbons (Fsp3) is 0.600. The van der Waals surface area contributed by atoms with Gasteiger partial charge in [-0.05, 0) is 43.9 Å². The third-order valence-corrected chi connectivity index (χ3v) is 3.37. The molecule has 0 saturated carbocycles. The monoisotopic (exact) mass is 235 g/mol. The summed E-state index contributed by atoms with van der Waals surface area (Å²) in [4.78, 5) is 0. The van der Waals surface area contributed by atoms with Gasteiger partial charge in [0.2, 0.25) is 0 Å². The molecule has 0 saturated heterocycles. The first-order chi connectivity index (χ1) is 8.17. The van der Waals surface area contributed by atoms with E-state index < -0.39 is 0 Å². The largest absolute Gasteiger partial charge is 0.396 e. The van der Waals surface area contributed by atoms with Crippen LogP contribution in [0.3, 0.4) is 0 Å². The van der Waals surface area contributed by atoms with E-state index >= 15 is 0 Å². The molecule has 0 aromatic heterocycles. The van der Waals surface area contributed by atoms with Crippen LogP contribution < -0.4 is 5.32 Å². The molecule has 2 N–H and O–H groups in total. The van der Waals surface area contributed by atoms with E-state index in [1.807, 2.05) is 0 Å². The number of rotatable bonds is 7. The van der Waals surface area contributed by atoms with E-state index in [9.17, 15) is 0 Å². The van der Waals surface area contributed by atoms with Crippen LogP contribution in [0, 0.1) is 19.8 Å². The molecule has 1 aromatic carbocycles. The van der Waals surface area contributed by atoms with Gasteiger partial charge in [0.25, 0.3) is 0 Å². The molecule has 0 fully saturated rings. The molecular weight excluding hydrogens is 210 g/mol. The van der Waals surface area contributed by atoms with Crippen LogP contribution in [-0.4, -0.2) is 18.3 Å². The maximum Gasteiger partial charge on any atom is 0.0434 e. The van der Waals surface area contributed by atoms with Gasteiger partial charge in [0, 0.05) is 13.2 Å². The number of hydrogen-bond acceptors (Lipinski definition) is 2. The van der Waals surface area contributed by atoms with E-state index in [4.69, 9.17) is 5.11 Å². The molecule has 1 aromatic rings. The Kier molecular flexibility index (Phi) is 6.23. The zero-order valence-corrected chi connectivity index (χ0v) is 11.3. The van der Waals surface area contributed by atoms with Gasteiger partial charge < -0.3 is 10.4 Å². The highest BCUT2D eigenvalue weighted by molar-refractivity contribution is 5.30. The average molecular weight is 235 g/mol. The number of aliphatic hydroxyl groups is 1. The third-order valence-electron chi connectivity index (χ3n) is 3.37. The van der Waals surface area contributed by atoms with Gasteiger partial charge in [0.1, 0.15) is 0 Å². The predicted molar refractivity (Wildman–Crippen MR) is 73.1 cm³/mol. The van der Waals surface area contributed by atoms with Crippen molar-refractivity contribution in [1.82, 2.24) is 5.32 Å². The minimum atomic E-state index is 0.295. The van der Waals surface area contributed by atoms with Crippen molar-refractivity contribution in [2.45, 2.75) is 40.2 Å². The highest BCUT2D eigenvalue weighted by atomic mass is 16.3. The second kappa shape index (κ2) is 7.46. The molecule has 1 unspecified atom stereocenters. The van der Waals surface area contributed by atoms with Crippen molar-refractivity contribution < 1.29 is 5.11 Å². The number of aryl methyl sites for hydroxylation is 2. The van der Waals surface area contributed by atoms with Crippen LogP contribution in [0.1, 0.15) is 36.5 Å². The lowest BCUT2D eigenvalue weighted by Gasteiger charge is -2.15. The van der Waals surface area contributed by atoms with Crippen molar-refractivity contribution >= 4 is 0 Å². The maximum atomic E-state index is 8.94. The Morgan fingerprint density at radius 1 is 1.29 bits per heavy atom. The summed E-state index contributed by atoms with van der Waals surface area (Å²) in [6, 6.07) is 6.58. The first kappa shape index (κ1) is 14.2. The highest BCUT2D eigenvalue weighted by Gasteiger charge is 2.05. The molecule has 1 rings (SSSR count). The molecule has 2 heteroatoms. The second-order valence-electron chi connectivity index (χ2n) is 4.85. The van der Waals surface area contributed by atoms with Gasteiger partial charge >= 0.3 is 0 Å². The van der Waals surface area contributed by atoms with Gasteiger partial charge in [-0.3, -0.25) is 0 Å². The summed E-state index contributed by atoms with van der Waals surface area (Å²) in [5, 5.41) is 12.4. The van der Waals surface area contributed by atoms with E-state index in [1.165, 1.54) is 16.7 Å². The zero-order chi connectivity index (χ0) is 12.7. The molecule has 96 valence electrons. The molecule has 0 amide bonds. The van der Waals surface area contributed by atoms with Crippen LogP contribution >= 0.6 is 0 Å². The number of hydrogen-bond donors (Lipinski definition) is 2. The van der Waals surface area contributed by atoms with Gasteiger partial charge in [0.15, 0.2) is 0 Å². The Bertz CT molecular complexity index is 336. The molecule has 2 nitrogen and oxygen atoms in total. The van der Waals surface area contributed by atoms with E-state index in [0.29, 0.717) is 12.5 Å². The fourth-order valence-electron chi connectivity index (χ4n) is 2.03. The van der Waals surface area contributed by atoms with Crippen molar-refractivity contribution in [3.05, 3.63) is 34.9 Å². The van der Waals surface area contributed by atoms with Crippen molar-refractivity contribution in [3.8, 4) is 0 Å². The van der Waals surface area contributed by atoms with Crippen molar-refractivity contribution in [2.24, 2.45) is 5.92 Å². The summed E-state index contributed by atoms with van der Waals surface area (Å²) in [5.74, 6) is 0.588. The zero-order valence-electron chi connectivity index (χ0n) is 11.3. The van der Waals surface area contributed by atoms with Crippen LogP contribution in [0.25, 0.3) is 0 Å². The van der Waals surface area contributed by atoms with Crippen molar-refractivity contribution in [1.29, 1.82) is 0 Å². The smallest absolute Gasteiger partial charge is 0.0434 e. The Balaban J connectivity index is 2.42. The highest BCUT2D eigenvalue weighted by Crippen LogP contribution is 2.11. The Labute approximate surface area is 105 Å². The first-order valence-electron chi connectivity index (χ1n) is 6.55. The van der Waals surface area contributed by atoms with Crippen molar-refractivity contribution in [3.63, 3.8) is 0 Å². The van der Waals surface area contributed by atoms with Crippen LogP contribution in [0.5, 0.6) is 0 Å². The molecule has 1 atom stereocenters. The summed E-state index contributed by atoms with van der Waals surface area (Å²) in [6.07, 6.45) is 2.02. The minimum Gasteiger partial charge on any atom is -0.396 e. The average Bonchev–Trinajstić information content (AvgIpc) is 2.32. The van der Waals surface area contributed by atoms with E-state index in [-0.39, 0.29) is 0 Å². The summed E-state index contributed by atoms with van der Waals surface area (Å²) >= 11 is 0. The maximum absolute atomic E-state index is 8.94. The Morgan fingerprint density at radius 3 is 2.71 bits per heavy atom. The lowest BCUT2D eigenvalue weighted by atomic mass is 10.0. The standard InChI is InChI=1S/C15H25NO/c1-4-14(7-8-17)10-16-11-15-9-12(2)5-6-13(15)3/h5-6,9,14,16-17H,4,7-8,10-11H2,1-3H3. The normalized spacial score (nSPS) is 12.7. The first-order valence-corrected chi connectivity index (χ1v) is 6.55. The lowest BCUT2D eigenvalue weighted by molar-refractivity contribution is 0.251. The SMILES string of the molecule is CCC(CCO)CNCc1cc(C)ccc1C.